The Kier molecular flexibility index (Phi) is 7.66. The third kappa shape index (κ3) is 5.82. The summed E-state index contributed by atoms with van der Waals surface area (Å²) in [5.41, 5.74) is 1.63. The summed E-state index contributed by atoms with van der Waals surface area (Å²) in [7, 11) is 0. The third-order valence-electron chi connectivity index (χ3n) is 5.81. The van der Waals surface area contributed by atoms with Crippen LogP contribution >= 0.6 is 0 Å². The molecule has 156 valence electrons. The minimum atomic E-state index is -4.57. The highest BCUT2D eigenvalue weighted by atomic mass is 19.4. The Bertz CT molecular complexity index is 703. The number of benzene rings is 1. The number of hydrogen-bond donors (Lipinski definition) is 3. The van der Waals surface area contributed by atoms with Gasteiger partial charge in [-0.2, -0.15) is 13.2 Å². The van der Waals surface area contributed by atoms with E-state index in [0.717, 1.165) is 25.3 Å². The van der Waals surface area contributed by atoms with Crippen molar-refractivity contribution >= 4 is 5.91 Å². The number of alkyl halides is 3. The van der Waals surface area contributed by atoms with Crippen molar-refractivity contribution in [2.75, 3.05) is 6.54 Å². The van der Waals surface area contributed by atoms with Gasteiger partial charge >= 0.3 is 6.18 Å². The highest BCUT2D eigenvalue weighted by molar-refractivity contribution is 5.93. The zero-order valence-electron chi connectivity index (χ0n) is 16.4. The van der Waals surface area contributed by atoms with Gasteiger partial charge in [0.1, 0.15) is 0 Å². The van der Waals surface area contributed by atoms with E-state index in [9.17, 15) is 18.0 Å². The lowest BCUT2D eigenvalue weighted by Crippen LogP contribution is -2.24. The molecule has 1 aliphatic carbocycles. The summed E-state index contributed by atoms with van der Waals surface area (Å²) in [4.78, 5) is 11.4. The highest BCUT2D eigenvalue weighted by Gasteiger charge is 2.34. The molecule has 1 fully saturated rings. The molecule has 0 spiro atoms. The SMILES string of the molecule is C=C1CC(CCCNCc2ccc(C(=O)NO)cc2C(F)(F)F)CC(C)C1C. The lowest BCUT2D eigenvalue weighted by atomic mass is 9.72. The molecule has 0 heterocycles. The van der Waals surface area contributed by atoms with Crippen LogP contribution in [0.1, 0.15) is 61.0 Å². The molecule has 1 amide bonds. The Morgan fingerprint density at radius 3 is 2.64 bits per heavy atom. The molecule has 0 aliphatic heterocycles. The van der Waals surface area contributed by atoms with Crippen LogP contribution in [0.4, 0.5) is 13.2 Å². The summed E-state index contributed by atoms with van der Waals surface area (Å²) in [6, 6.07) is 3.31. The van der Waals surface area contributed by atoms with Crippen LogP contribution in [0, 0.1) is 17.8 Å². The molecule has 3 unspecified atom stereocenters. The molecule has 28 heavy (non-hydrogen) atoms. The number of carbonyl (C=O) groups is 1. The second kappa shape index (κ2) is 9.56. The second-order valence-corrected chi connectivity index (χ2v) is 7.86. The summed E-state index contributed by atoms with van der Waals surface area (Å²) in [5, 5.41) is 11.7. The van der Waals surface area contributed by atoms with E-state index in [1.807, 2.05) is 0 Å². The van der Waals surface area contributed by atoms with Crippen LogP contribution in [0.5, 0.6) is 0 Å². The van der Waals surface area contributed by atoms with E-state index in [1.54, 1.807) is 0 Å². The van der Waals surface area contributed by atoms with Gasteiger partial charge in [0.05, 0.1) is 5.56 Å². The van der Waals surface area contributed by atoms with E-state index in [1.165, 1.54) is 29.6 Å². The number of nitrogens with one attached hydrogen (secondary N) is 2. The monoisotopic (exact) mass is 398 g/mol. The molecule has 0 saturated heterocycles. The van der Waals surface area contributed by atoms with Crippen LogP contribution < -0.4 is 10.8 Å². The van der Waals surface area contributed by atoms with Crippen LogP contribution in [-0.4, -0.2) is 17.7 Å². The van der Waals surface area contributed by atoms with Crippen molar-refractivity contribution in [3.05, 3.63) is 47.0 Å². The minimum Gasteiger partial charge on any atom is -0.313 e. The van der Waals surface area contributed by atoms with E-state index in [-0.39, 0.29) is 17.7 Å². The second-order valence-electron chi connectivity index (χ2n) is 7.86. The normalized spacial score (nSPS) is 22.9. The highest BCUT2D eigenvalue weighted by Crippen LogP contribution is 2.38. The van der Waals surface area contributed by atoms with Gasteiger partial charge in [-0.3, -0.25) is 10.0 Å². The van der Waals surface area contributed by atoms with Crippen molar-refractivity contribution in [1.82, 2.24) is 10.8 Å². The number of amides is 1. The summed E-state index contributed by atoms with van der Waals surface area (Å²) < 4.78 is 39.9. The summed E-state index contributed by atoms with van der Waals surface area (Å²) in [6.07, 6.45) is -0.431. The van der Waals surface area contributed by atoms with Gasteiger partial charge < -0.3 is 5.32 Å². The average molecular weight is 398 g/mol. The van der Waals surface area contributed by atoms with E-state index in [0.29, 0.717) is 24.3 Å². The van der Waals surface area contributed by atoms with E-state index >= 15 is 0 Å². The van der Waals surface area contributed by atoms with Gasteiger partial charge in [0.25, 0.3) is 5.91 Å². The van der Waals surface area contributed by atoms with Gasteiger partial charge in [0.15, 0.2) is 0 Å². The maximum atomic E-state index is 13.3. The van der Waals surface area contributed by atoms with Crippen LogP contribution in [0.3, 0.4) is 0 Å². The molecule has 1 aromatic rings. The molecular formula is C21H29F3N2O2. The van der Waals surface area contributed by atoms with Crippen LogP contribution in [-0.2, 0) is 12.7 Å². The Morgan fingerprint density at radius 1 is 1.32 bits per heavy atom. The summed E-state index contributed by atoms with van der Waals surface area (Å²) in [6.45, 7) is 9.34. The molecule has 3 N–H and O–H groups in total. The molecule has 3 atom stereocenters. The number of hydrogen-bond acceptors (Lipinski definition) is 3. The molecule has 1 saturated carbocycles. The first kappa shape index (κ1) is 22.4. The van der Waals surface area contributed by atoms with E-state index in [4.69, 9.17) is 5.21 Å². The maximum Gasteiger partial charge on any atom is 0.416 e. The zero-order chi connectivity index (χ0) is 20.9. The standard InChI is InChI=1S/C21H29F3N2O2/c1-13-9-16(10-14(2)15(13)3)5-4-8-25-12-18-7-6-17(20(27)26-28)11-19(18)21(22,23)24/h6-7,11,14-16,25,28H,1,4-5,8-10,12H2,2-3H3,(H,26,27). The number of allylic oxidation sites excluding steroid dienone is 1. The lowest BCUT2D eigenvalue weighted by molar-refractivity contribution is -0.138. The first-order valence-electron chi connectivity index (χ1n) is 9.66. The Labute approximate surface area is 164 Å². The molecule has 0 aromatic heterocycles. The molecule has 0 radical (unpaired) electrons. The number of hydroxylamine groups is 1. The number of rotatable bonds is 7. The maximum absolute atomic E-state index is 13.3. The molecular weight excluding hydrogens is 369 g/mol. The fourth-order valence-electron chi connectivity index (χ4n) is 3.93. The van der Waals surface area contributed by atoms with Gasteiger partial charge in [0.2, 0.25) is 0 Å². The lowest BCUT2D eigenvalue weighted by Gasteiger charge is -2.34. The molecule has 0 bridgehead atoms. The van der Waals surface area contributed by atoms with Crippen molar-refractivity contribution in [3.8, 4) is 0 Å². The Hall–Kier alpha value is -1.86. The summed E-state index contributed by atoms with van der Waals surface area (Å²) >= 11 is 0. The van der Waals surface area contributed by atoms with Gasteiger partial charge in [0, 0.05) is 12.1 Å². The molecule has 1 aromatic carbocycles. The van der Waals surface area contributed by atoms with Crippen molar-refractivity contribution in [3.63, 3.8) is 0 Å². The molecule has 4 nitrogen and oxygen atoms in total. The van der Waals surface area contributed by atoms with Crippen molar-refractivity contribution in [2.45, 2.75) is 52.3 Å². The smallest absolute Gasteiger partial charge is 0.313 e. The van der Waals surface area contributed by atoms with Gasteiger partial charge in [-0.25, -0.2) is 5.48 Å². The van der Waals surface area contributed by atoms with Crippen LogP contribution in [0.2, 0.25) is 0 Å². The predicted octanol–water partition coefficient (Wildman–Crippen LogP) is 4.93. The fourth-order valence-corrected chi connectivity index (χ4v) is 3.93. The van der Waals surface area contributed by atoms with Crippen LogP contribution in [0.25, 0.3) is 0 Å². The van der Waals surface area contributed by atoms with Crippen molar-refractivity contribution in [1.29, 1.82) is 0 Å². The number of halogens is 3. The van der Waals surface area contributed by atoms with Crippen molar-refractivity contribution < 1.29 is 23.2 Å². The Balaban J connectivity index is 1.87. The van der Waals surface area contributed by atoms with Gasteiger partial charge in [-0.15, -0.1) is 0 Å². The van der Waals surface area contributed by atoms with E-state index in [2.05, 4.69) is 25.7 Å². The quantitative estimate of drug-likeness (QED) is 0.264. The van der Waals surface area contributed by atoms with E-state index < -0.39 is 17.6 Å². The predicted molar refractivity (Wildman–Crippen MR) is 102 cm³/mol. The molecule has 1 aliphatic rings. The number of carbonyl (C=O) groups excluding carboxylic acids is 1. The summed E-state index contributed by atoms with van der Waals surface area (Å²) in [5.74, 6) is 0.819. The molecule has 2 rings (SSSR count). The first-order chi connectivity index (χ1) is 13.1. The topological polar surface area (TPSA) is 61.4 Å². The zero-order valence-corrected chi connectivity index (χ0v) is 16.4. The Morgan fingerprint density at radius 2 is 2.04 bits per heavy atom. The third-order valence-corrected chi connectivity index (χ3v) is 5.81. The average Bonchev–Trinajstić information content (AvgIpc) is 2.64. The largest absolute Gasteiger partial charge is 0.416 e. The fraction of sp³-hybridized carbons (Fsp3) is 0.571. The van der Waals surface area contributed by atoms with Gasteiger partial charge in [-0.05, 0) is 67.7 Å². The minimum absolute atomic E-state index is 0.0701. The molecule has 7 heteroatoms. The van der Waals surface area contributed by atoms with Crippen LogP contribution in [0.15, 0.2) is 30.4 Å². The van der Waals surface area contributed by atoms with Gasteiger partial charge in [-0.1, -0.05) is 32.1 Å². The van der Waals surface area contributed by atoms with Crippen molar-refractivity contribution in [2.24, 2.45) is 17.8 Å². The first-order valence-corrected chi connectivity index (χ1v) is 9.66.